The maximum absolute atomic E-state index is 2.29. The van der Waals surface area contributed by atoms with Crippen LogP contribution < -0.4 is 0 Å². The summed E-state index contributed by atoms with van der Waals surface area (Å²) >= 11 is 0.181. The molecule has 0 aliphatic heterocycles. The standard InChI is InChI=1S/2C3H7.H2O.Sn/c2*1-3-2;;/h2*1,3H2,2H3;1H2;. The van der Waals surface area contributed by atoms with Gasteiger partial charge in [-0.2, -0.15) is 0 Å². The molecule has 0 aromatic carbocycles. The Labute approximate surface area is 62.4 Å². The third-order valence-corrected chi connectivity index (χ3v) is 5.73. The monoisotopic (exact) mass is 224 g/mol. The van der Waals surface area contributed by atoms with E-state index in [9.17, 15) is 0 Å². The molecule has 1 nitrogen and oxygen atoms in total. The molecule has 0 aromatic heterocycles. The molecule has 2 radical (unpaired) electrons. The Balaban J connectivity index is 0. The quantitative estimate of drug-likeness (QED) is 0.511. The Bertz CT molecular complexity index is 27.7. The molecule has 0 bridgehead atoms. The minimum Gasteiger partial charge on any atom is -0.412 e. The Kier molecular flexibility index (Phi) is 15.4. The van der Waals surface area contributed by atoms with Crippen molar-refractivity contribution in [2.75, 3.05) is 0 Å². The van der Waals surface area contributed by atoms with Crippen LogP contribution in [0.15, 0.2) is 0 Å². The fourth-order valence-electron chi connectivity index (χ4n) is 0.479. The van der Waals surface area contributed by atoms with E-state index >= 15 is 0 Å². The molecule has 0 fully saturated rings. The molecule has 0 heterocycles. The summed E-state index contributed by atoms with van der Waals surface area (Å²) in [5.41, 5.74) is 0. The fourth-order valence-corrected chi connectivity index (χ4v) is 3.21. The van der Waals surface area contributed by atoms with Crippen molar-refractivity contribution in [3.63, 3.8) is 0 Å². The normalized spacial score (nSPS) is 8.25. The molecule has 0 aliphatic rings. The maximum Gasteiger partial charge on any atom is -0.412 e. The van der Waals surface area contributed by atoms with E-state index in [4.69, 9.17) is 0 Å². The second-order valence-corrected chi connectivity index (χ2v) is 6.03. The van der Waals surface area contributed by atoms with Gasteiger partial charge in [-0.1, -0.05) is 0 Å². The van der Waals surface area contributed by atoms with Gasteiger partial charge in [0.05, 0.1) is 0 Å². The second kappa shape index (κ2) is 10.7. The second-order valence-electron chi connectivity index (χ2n) is 1.75. The molecule has 0 unspecified atom stereocenters. The average molecular weight is 223 g/mol. The molecule has 2 N–H and O–H groups in total. The van der Waals surface area contributed by atoms with Crippen molar-refractivity contribution in [1.82, 2.24) is 0 Å². The molecule has 0 amide bonds. The summed E-state index contributed by atoms with van der Waals surface area (Å²) in [6.45, 7) is 4.58. The third kappa shape index (κ3) is 9.90. The van der Waals surface area contributed by atoms with Crippen LogP contribution in [-0.4, -0.2) is 26.6 Å². The van der Waals surface area contributed by atoms with Gasteiger partial charge in [0.25, 0.3) is 0 Å². The molecule has 2 heteroatoms. The minimum absolute atomic E-state index is 0. The van der Waals surface area contributed by atoms with Gasteiger partial charge in [-0.25, -0.2) is 0 Å². The molecule has 0 atom stereocenters. The van der Waals surface area contributed by atoms with Gasteiger partial charge in [-0.3, -0.25) is 0 Å². The van der Waals surface area contributed by atoms with Crippen molar-refractivity contribution in [1.29, 1.82) is 0 Å². The summed E-state index contributed by atoms with van der Waals surface area (Å²) in [6.07, 6.45) is 2.87. The molecule has 8 heavy (non-hydrogen) atoms. The molecule has 0 spiro atoms. The van der Waals surface area contributed by atoms with Crippen LogP contribution >= 0.6 is 0 Å². The molecule has 0 aromatic rings. The molecule has 0 saturated carbocycles. The Morgan fingerprint density at radius 1 is 1.00 bits per heavy atom. The van der Waals surface area contributed by atoms with Crippen LogP contribution in [-0.2, 0) is 0 Å². The first kappa shape index (κ1) is 11.5. The van der Waals surface area contributed by atoms with E-state index in [0.29, 0.717) is 0 Å². The molecule has 0 rings (SSSR count). The van der Waals surface area contributed by atoms with Gasteiger partial charge >= 0.3 is 56.7 Å². The predicted octanol–water partition coefficient (Wildman–Crippen LogP) is 1.52. The molecular weight excluding hydrogens is 207 g/mol. The van der Waals surface area contributed by atoms with Crippen molar-refractivity contribution >= 4 is 21.1 Å². The van der Waals surface area contributed by atoms with E-state index < -0.39 is 0 Å². The Hall–Kier alpha value is 0.759. The average Bonchev–Trinajstić information content (AvgIpc) is 1.69. The van der Waals surface area contributed by atoms with Crippen molar-refractivity contribution in [2.24, 2.45) is 0 Å². The maximum atomic E-state index is 2.29. The minimum atomic E-state index is 0. The summed E-state index contributed by atoms with van der Waals surface area (Å²) in [5.74, 6) is 0. The predicted molar refractivity (Wildman–Crippen MR) is 39.6 cm³/mol. The van der Waals surface area contributed by atoms with Gasteiger partial charge in [-0.15, -0.1) is 0 Å². The Morgan fingerprint density at radius 3 is 1.62 bits per heavy atom. The third-order valence-electron chi connectivity index (χ3n) is 0.854. The number of hydrogen-bond donors (Lipinski definition) is 0. The zero-order chi connectivity index (χ0) is 5.54. The molecule has 50 valence electrons. The summed E-state index contributed by atoms with van der Waals surface area (Å²) < 4.78 is 3.19. The van der Waals surface area contributed by atoms with Crippen LogP contribution in [0.25, 0.3) is 0 Å². The smallest absolute Gasteiger partial charge is 0.412 e. The van der Waals surface area contributed by atoms with Gasteiger partial charge < -0.3 is 5.48 Å². The van der Waals surface area contributed by atoms with Crippen LogP contribution in [0.5, 0.6) is 0 Å². The molecule has 0 aliphatic carbocycles. The topological polar surface area (TPSA) is 31.5 Å². The van der Waals surface area contributed by atoms with E-state index in [1.54, 1.807) is 8.87 Å². The molecule has 0 saturated heterocycles. The summed E-state index contributed by atoms with van der Waals surface area (Å²) in [5, 5.41) is 0. The van der Waals surface area contributed by atoms with Gasteiger partial charge in [0, 0.05) is 0 Å². The number of hydrogen-bond acceptors (Lipinski definition) is 0. The van der Waals surface area contributed by atoms with Gasteiger partial charge in [0.1, 0.15) is 0 Å². The van der Waals surface area contributed by atoms with Crippen LogP contribution in [0.1, 0.15) is 26.7 Å². The fraction of sp³-hybridized carbons (Fsp3) is 1.00. The Morgan fingerprint density at radius 2 is 1.38 bits per heavy atom. The summed E-state index contributed by atoms with van der Waals surface area (Å²) in [4.78, 5) is 0. The largest absolute Gasteiger partial charge is 0.412 e. The van der Waals surface area contributed by atoms with Crippen molar-refractivity contribution in [2.45, 2.75) is 35.6 Å². The first-order valence-electron chi connectivity index (χ1n) is 3.12. The van der Waals surface area contributed by atoms with E-state index in [-0.39, 0.29) is 26.6 Å². The van der Waals surface area contributed by atoms with Crippen LogP contribution in [0.3, 0.4) is 0 Å². The summed E-state index contributed by atoms with van der Waals surface area (Å²) in [7, 11) is 0. The van der Waals surface area contributed by atoms with Crippen molar-refractivity contribution < 1.29 is 5.48 Å². The van der Waals surface area contributed by atoms with Gasteiger partial charge in [-0.05, 0) is 0 Å². The first-order chi connectivity index (χ1) is 3.41. The van der Waals surface area contributed by atoms with E-state index in [1.165, 1.54) is 12.8 Å². The first-order valence-corrected chi connectivity index (χ1v) is 7.16. The zero-order valence-electron chi connectivity index (χ0n) is 5.83. The number of rotatable bonds is 4. The van der Waals surface area contributed by atoms with Gasteiger partial charge in [0.2, 0.25) is 0 Å². The van der Waals surface area contributed by atoms with Crippen molar-refractivity contribution in [3.05, 3.63) is 0 Å². The van der Waals surface area contributed by atoms with Gasteiger partial charge in [0.15, 0.2) is 0 Å². The van der Waals surface area contributed by atoms with Crippen LogP contribution in [0.4, 0.5) is 0 Å². The summed E-state index contributed by atoms with van der Waals surface area (Å²) in [6, 6.07) is 0. The van der Waals surface area contributed by atoms with Crippen molar-refractivity contribution in [3.8, 4) is 0 Å². The van der Waals surface area contributed by atoms with E-state index in [2.05, 4.69) is 13.8 Å². The van der Waals surface area contributed by atoms with Crippen LogP contribution in [0.2, 0.25) is 8.87 Å². The SMILES string of the molecule is CC[CH2][Sn][CH2]CC.O. The zero-order valence-corrected chi connectivity index (χ0v) is 8.68. The van der Waals surface area contributed by atoms with E-state index in [0.717, 1.165) is 0 Å². The van der Waals surface area contributed by atoms with Crippen LogP contribution in [0, 0.1) is 0 Å². The van der Waals surface area contributed by atoms with E-state index in [1.807, 2.05) is 0 Å². The molecular formula is C6H16OSn.